The van der Waals surface area contributed by atoms with Gasteiger partial charge in [0.05, 0.1) is 17.6 Å². The number of nitrogens with zero attached hydrogens (tertiary/aromatic N) is 4. The van der Waals surface area contributed by atoms with Crippen LogP contribution < -0.4 is 15.6 Å². The van der Waals surface area contributed by atoms with Crippen LogP contribution in [0.15, 0.2) is 71.8 Å². The molecule has 0 aliphatic carbocycles. The maximum Gasteiger partial charge on any atom is 0.284 e. The van der Waals surface area contributed by atoms with E-state index in [1.54, 1.807) is 26.2 Å². The third-order valence-corrected chi connectivity index (χ3v) is 6.16. The topological polar surface area (TPSA) is 99.6 Å². The number of carbonyl (C=O) groups is 2. The summed E-state index contributed by atoms with van der Waals surface area (Å²) in [7, 11) is 1.60. The molecule has 1 N–H and O–H groups in total. The number of aromatic nitrogens is 4. The van der Waals surface area contributed by atoms with Crippen LogP contribution in [0.1, 0.15) is 47.2 Å². The highest BCUT2D eigenvalue weighted by atomic mass is 19.1. The minimum absolute atomic E-state index is 0.0998. The molecule has 1 amide bonds. The molecule has 0 saturated heterocycles. The molecule has 0 aliphatic rings. The van der Waals surface area contributed by atoms with E-state index < -0.39 is 23.1 Å². The van der Waals surface area contributed by atoms with Crippen LogP contribution >= 0.6 is 0 Å². The van der Waals surface area contributed by atoms with Gasteiger partial charge in [0.1, 0.15) is 16.9 Å². The molecule has 0 unspecified atom stereocenters. The van der Waals surface area contributed by atoms with Gasteiger partial charge in [0.25, 0.3) is 11.5 Å². The molecule has 2 aromatic carbocycles. The molecule has 206 valence electrons. The number of fused-ring (bicyclic) bond motifs is 1. The second kappa shape index (κ2) is 11.4. The zero-order valence-electron chi connectivity index (χ0n) is 22.5. The number of carbonyl (C=O) groups excluding carboxylic acids is 2. The fourth-order valence-electron chi connectivity index (χ4n) is 4.20. The molecule has 9 nitrogen and oxygen atoms in total. The molecule has 3 heterocycles. The maximum absolute atomic E-state index is 15.0. The number of ether oxygens (including phenoxy) is 1. The SMILES string of the molecule is CC.CC(=O)c1ccn2nccc(Oc3ccc(NC(=O)c4c(C)n(C)n(-c5ccc(F)cc5)c4=O)cc3F)c12. The summed E-state index contributed by atoms with van der Waals surface area (Å²) in [5.74, 6) is -2.07. The molecule has 0 saturated carbocycles. The highest BCUT2D eigenvalue weighted by Crippen LogP contribution is 2.31. The van der Waals surface area contributed by atoms with Gasteiger partial charge in [-0.05, 0) is 56.3 Å². The first-order valence-corrected chi connectivity index (χ1v) is 12.5. The monoisotopic (exact) mass is 547 g/mol. The summed E-state index contributed by atoms with van der Waals surface area (Å²) in [6, 6.07) is 12.2. The van der Waals surface area contributed by atoms with Gasteiger partial charge in [-0.2, -0.15) is 5.10 Å². The molecule has 0 radical (unpaired) electrons. The van der Waals surface area contributed by atoms with E-state index in [4.69, 9.17) is 4.74 Å². The summed E-state index contributed by atoms with van der Waals surface area (Å²) in [5, 5.41) is 6.67. The Balaban J connectivity index is 0.00000181. The van der Waals surface area contributed by atoms with E-state index in [1.807, 2.05) is 13.8 Å². The summed E-state index contributed by atoms with van der Waals surface area (Å²) in [5.41, 5.74) is 0.882. The van der Waals surface area contributed by atoms with Crippen LogP contribution in [0.5, 0.6) is 11.5 Å². The van der Waals surface area contributed by atoms with Crippen LogP contribution in [0.2, 0.25) is 0 Å². The van der Waals surface area contributed by atoms with Crippen LogP contribution in [0.25, 0.3) is 11.2 Å². The van der Waals surface area contributed by atoms with Gasteiger partial charge in [-0.15, -0.1) is 0 Å². The number of rotatable bonds is 6. The first kappa shape index (κ1) is 28.0. The lowest BCUT2D eigenvalue weighted by Crippen LogP contribution is -2.25. The van der Waals surface area contributed by atoms with Crippen molar-refractivity contribution in [2.75, 3.05) is 5.32 Å². The fraction of sp³-hybridized carbons (Fsp3) is 0.172. The molecule has 0 spiro atoms. The first-order chi connectivity index (χ1) is 19.2. The van der Waals surface area contributed by atoms with E-state index in [9.17, 15) is 23.2 Å². The second-order valence-electron chi connectivity index (χ2n) is 8.55. The third-order valence-electron chi connectivity index (χ3n) is 6.16. The standard InChI is InChI=1S/C27H21F2N5O4.C2H6/c1-15-24(27(37)34(32(15)3)19-7-4-17(28)5-8-19)26(36)31-18-6-9-22(21(29)14-18)38-23-10-12-30-33-13-11-20(16(2)35)25(23)33;1-2/h4-14H,1-3H3,(H,31,36);1-2H3. The predicted octanol–water partition coefficient (Wildman–Crippen LogP) is 5.68. The summed E-state index contributed by atoms with van der Waals surface area (Å²) < 4.78 is 38.2. The highest BCUT2D eigenvalue weighted by molar-refractivity contribution is 6.05. The van der Waals surface area contributed by atoms with E-state index in [0.717, 1.165) is 6.07 Å². The van der Waals surface area contributed by atoms with Crippen molar-refractivity contribution < 1.29 is 23.1 Å². The quantitative estimate of drug-likeness (QED) is 0.276. The number of benzene rings is 2. The van der Waals surface area contributed by atoms with Gasteiger partial charge in [0, 0.05) is 36.6 Å². The van der Waals surface area contributed by atoms with Crippen molar-refractivity contribution in [3.05, 3.63) is 106 Å². The summed E-state index contributed by atoms with van der Waals surface area (Å²) in [6.07, 6.45) is 3.06. The highest BCUT2D eigenvalue weighted by Gasteiger charge is 2.23. The maximum atomic E-state index is 15.0. The van der Waals surface area contributed by atoms with Crippen molar-refractivity contribution in [3.63, 3.8) is 0 Å². The van der Waals surface area contributed by atoms with Crippen LogP contribution in [0, 0.1) is 18.6 Å². The smallest absolute Gasteiger partial charge is 0.284 e. The molecule has 3 aromatic heterocycles. The van der Waals surface area contributed by atoms with Crippen molar-refractivity contribution in [3.8, 4) is 17.2 Å². The van der Waals surface area contributed by atoms with Gasteiger partial charge in [-0.3, -0.25) is 19.1 Å². The Hall–Kier alpha value is -5.06. The van der Waals surface area contributed by atoms with Gasteiger partial charge in [0.2, 0.25) is 0 Å². The van der Waals surface area contributed by atoms with E-state index in [-0.39, 0.29) is 28.5 Å². The number of hydrogen-bond acceptors (Lipinski definition) is 5. The molecule has 0 fully saturated rings. The first-order valence-electron chi connectivity index (χ1n) is 12.5. The second-order valence-corrected chi connectivity index (χ2v) is 8.55. The number of hydrogen-bond donors (Lipinski definition) is 1. The van der Waals surface area contributed by atoms with Crippen LogP contribution in [0.4, 0.5) is 14.5 Å². The van der Waals surface area contributed by atoms with Crippen molar-refractivity contribution in [2.45, 2.75) is 27.7 Å². The van der Waals surface area contributed by atoms with Gasteiger partial charge in [-0.25, -0.2) is 18.0 Å². The predicted molar refractivity (Wildman–Crippen MR) is 147 cm³/mol. The Labute approximate surface area is 228 Å². The molecular formula is C29H27F2N5O4. The van der Waals surface area contributed by atoms with Crippen molar-refractivity contribution in [1.82, 2.24) is 19.0 Å². The van der Waals surface area contributed by atoms with E-state index in [0.29, 0.717) is 22.5 Å². The lowest BCUT2D eigenvalue weighted by atomic mass is 10.2. The molecule has 0 atom stereocenters. The van der Waals surface area contributed by atoms with Gasteiger partial charge in [0.15, 0.2) is 23.1 Å². The molecule has 5 aromatic rings. The third kappa shape index (κ3) is 5.13. The Kier molecular flexibility index (Phi) is 7.94. The minimum Gasteiger partial charge on any atom is -0.452 e. The Bertz CT molecular complexity index is 1790. The van der Waals surface area contributed by atoms with E-state index in [2.05, 4.69) is 10.4 Å². The van der Waals surface area contributed by atoms with E-state index in [1.165, 1.54) is 69.5 Å². The Morgan fingerprint density at radius 2 is 1.68 bits per heavy atom. The Morgan fingerprint density at radius 1 is 0.975 bits per heavy atom. The average molecular weight is 548 g/mol. The summed E-state index contributed by atoms with van der Waals surface area (Å²) in [4.78, 5) is 38.1. The van der Waals surface area contributed by atoms with Gasteiger partial charge in [-0.1, -0.05) is 13.8 Å². The average Bonchev–Trinajstić information content (AvgIpc) is 3.47. The lowest BCUT2D eigenvalue weighted by molar-refractivity contribution is 0.101. The molecular weight excluding hydrogens is 520 g/mol. The molecule has 11 heteroatoms. The number of anilines is 1. The minimum atomic E-state index is -0.776. The normalized spacial score (nSPS) is 10.7. The zero-order valence-corrected chi connectivity index (χ0v) is 22.5. The van der Waals surface area contributed by atoms with Crippen LogP contribution in [-0.4, -0.2) is 30.7 Å². The van der Waals surface area contributed by atoms with Crippen molar-refractivity contribution in [1.29, 1.82) is 0 Å². The van der Waals surface area contributed by atoms with Crippen LogP contribution in [0.3, 0.4) is 0 Å². The molecule has 5 rings (SSSR count). The zero-order chi connectivity index (χ0) is 29.1. The summed E-state index contributed by atoms with van der Waals surface area (Å²) >= 11 is 0. The number of ketones is 1. The van der Waals surface area contributed by atoms with E-state index >= 15 is 0 Å². The summed E-state index contributed by atoms with van der Waals surface area (Å²) in [6.45, 7) is 7.01. The van der Waals surface area contributed by atoms with Gasteiger partial charge >= 0.3 is 0 Å². The molecule has 40 heavy (non-hydrogen) atoms. The van der Waals surface area contributed by atoms with Crippen molar-refractivity contribution >= 4 is 22.9 Å². The fourth-order valence-corrected chi connectivity index (χ4v) is 4.20. The van der Waals surface area contributed by atoms with Crippen LogP contribution in [-0.2, 0) is 7.05 Å². The largest absolute Gasteiger partial charge is 0.452 e. The molecule has 0 bridgehead atoms. The lowest BCUT2D eigenvalue weighted by Gasteiger charge is -2.11. The molecule has 0 aliphatic heterocycles. The Morgan fingerprint density at radius 3 is 2.33 bits per heavy atom. The number of halogens is 2. The number of amides is 1. The van der Waals surface area contributed by atoms with Gasteiger partial charge < -0.3 is 10.1 Å². The number of nitrogens with one attached hydrogen (secondary N) is 1. The number of Topliss-reactive ketones (excluding diaryl/α,β-unsaturated/α-hetero) is 1. The van der Waals surface area contributed by atoms with Crippen molar-refractivity contribution in [2.24, 2.45) is 7.05 Å².